The lowest BCUT2D eigenvalue weighted by Gasteiger charge is -2.48. The van der Waals surface area contributed by atoms with Gasteiger partial charge < -0.3 is 31.3 Å². The molecule has 0 radical (unpaired) electrons. The second kappa shape index (κ2) is 9.31. The largest absolute Gasteiger partial charge is 0.505 e. The highest BCUT2D eigenvalue weighted by Crippen LogP contribution is 2.50. The van der Waals surface area contributed by atoms with E-state index in [1.54, 1.807) is 24.3 Å². The number of nitrogens with two attached hydrogens (primary N) is 1. The lowest BCUT2D eigenvalue weighted by molar-refractivity contribution is -0.175. The number of hydrogen-bond donors (Lipinski definition) is 5. The van der Waals surface area contributed by atoms with Crippen LogP contribution in [0.1, 0.15) is 28.8 Å². The van der Waals surface area contributed by atoms with E-state index in [1.807, 2.05) is 0 Å². The minimum atomic E-state index is -2.72. The molecule has 12 nitrogen and oxygen atoms in total. The molecular weight excluding hydrogens is 510 g/mol. The highest BCUT2D eigenvalue weighted by molar-refractivity contribution is 6.31. The van der Waals surface area contributed by atoms with Gasteiger partial charge in [0, 0.05) is 18.0 Å². The first-order valence-electron chi connectivity index (χ1n) is 12.2. The molecule has 5 rings (SSSR count). The number of phenols is 1. The fraction of sp³-hybridized carbons (Fsp3) is 0.333. The monoisotopic (exact) mass is 535 g/mol. The Balaban J connectivity index is 1.42. The number of phenolic OH excluding ortho intramolecular Hbond substituents is 1. The van der Waals surface area contributed by atoms with Crippen LogP contribution in [-0.2, 0) is 25.6 Å². The van der Waals surface area contributed by atoms with E-state index in [9.17, 15) is 39.0 Å². The van der Waals surface area contributed by atoms with Gasteiger partial charge in [-0.05, 0) is 54.7 Å². The predicted molar refractivity (Wildman–Crippen MR) is 134 cm³/mol. The van der Waals surface area contributed by atoms with Gasteiger partial charge in [0.05, 0.1) is 24.3 Å². The topological polar surface area (TPSA) is 202 Å². The Hall–Kier alpha value is -4.58. The zero-order valence-electron chi connectivity index (χ0n) is 20.7. The Kier molecular flexibility index (Phi) is 6.22. The summed E-state index contributed by atoms with van der Waals surface area (Å²) in [6.45, 7) is 0. The van der Waals surface area contributed by atoms with Crippen LogP contribution >= 0.6 is 0 Å². The molecule has 202 valence electrons. The highest BCUT2D eigenvalue weighted by Gasteiger charge is 2.66. The average molecular weight is 536 g/mol. The van der Waals surface area contributed by atoms with Crippen LogP contribution in [0.3, 0.4) is 0 Å². The zero-order chi connectivity index (χ0) is 28.2. The second-order valence-electron chi connectivity index (χ2n) is 10.0. The zero-order valence-corrected chi connectivity index (χ0v) is 20.7. The lowest BCUT2D eigenvalue weighted by atomic mass is 9.54. The van der Waals surface area contributed by atoms with Crippen molar-refractivity contribution in [2.24, 2.45) is 29.4 Å². The fourth-order valence-corrected chi connectivity index (χ4v) is 6.00. The van der Waals surface area contributed by atoms with Gasteiger partial charge in [-0.3, -0.25) is 24.0 Å². The van der Waals surface area contributed by atoms with Crippen molar-refractivity contribution in [3.8, 4) is 11.5 Å². The van der Waals surface area contributed by atoms with Crippen molar-refractivity contribution in [2.75, 3.05) is 17.7 Å². The lowest BCUT2D eigenvalue weighted by Crippen LogP contribution is -2.68. The molecule has 0 bridgehead atoms. The number of benzene rings is 2. The number of aromatic hydroxyl groups is 1. The van der Waals surface area contributed by atoms with Crippen LogP contribution in [0.4, 0.5) is 16.2 Å². The molecule has 0 aliphatic heterocycles. The van der Waals surface area contributed by atoms with Gasteiger partial charge in [0.2, 0.25) is 5.91 Å². The standard InChI is InChI=1S/C27H25N3O9/c1-39-15-5-3-14(4-6-15)29-26(37)30-16-7-2-11-8-12-9-13-10-17(31)20(25(28)36)24(35)27(13,38)23(34)19(12)22(33)18(11)21(16)32/h2-7,12-13,19-20,32,38H,8-10H2,1H3,(H2,28,36)(H2,29,30,37)/t12-,13-,19?,20?,27-/m0/s1. The summed E-state index contributed by atoms with van der Waals surface area (Å²) in [5.74, 6) is -10.4. The summed E-state index contributed by atoms with van der Waals surface area (Å²) in [6.07, 6.45) is -0.243. The van der Waals surface area contributed by atoms with Crippen LogP contribution in [0.2, 0.25) is 0 Å². The fourth-order valence-electron chi connectivity index (χ4n) is 6.00. The average Bonchev–Trinajstić information content (AvgIpc) is 2.88. The molecule has 0 aromatic heterocycles. The summed E-state index contributed by atoms with van der Waals surface area (Å²) in [5, 5.41) is 27.2. The summed E-state index contributed by atoms with van der Waals surface area (Å²) in [5.41, 5.74) is 3.02. The SMILES string of the molecule is COc1ccc(NC(=O)Nc2ccc3c(c2O)C(=O)C2C(=O)[C@]4(O)C(=O)C(C(N)=O)C(=O)C[C@@H]4C[C@@H]2C3)cc1. The number of fused-ring (bicyclic) bond motifs is 3. The van der Waals surface area contributed by atoms with Gasteiger partial charge in [0.1, 0.15) is 11.5 Å². The highest BCUT2D eigenvalue weighted by atomic mass is 16.5. The number of nitrogens with one attached hydrogen (secondary N) is 2. The molecule has 2 aromatic rings. The maximum Gasteiger partial charge on any atom is 0.323 e. The first kappa shape index (κ1) is 26.0. The van der Waals surface area contributed by atoms with E-state index in [2.05, 4.69) is 10.6 Å². The van der Waals surface area contributed by atoms with E-state index in [0.717, 1.165) is 0 Å². The molecule has 0 heterocycles. The number of urea groups is 1. The van der Waals surface area contributed by atoms with Crippen molar-refractivity contribution < 1.29 is 43.7 Å². The molecule has 5 atom stereocenters. The van der Waals surface area contributed by atoms with Gasteiger partial charge in [-0.15, -0.1) is 0 Å². The summed E-state index contributed by atoms with van der Waals surface area (Å²) < 4.78 is 5.07. The molecule has 6 N–H and O–H groups in total. The number of ketones is 4. The summed E-state index contributed by atoms with van der Waals surface area (Å²) in [6, 6.07) is 8.73. The molecule has 2 fully saturated rings. The number of amides is 3. The van der Waals surface area contributed by atoms with Crippen molar-refractivity contribution in [3.63, 3.8) is 0 Å². The van der Waals surface area contributed by atoms with Crippen molar-refractivity contribution in [2.45, 2.75) is 24.9 Å². The normalized spacial score (nSPS) is 27.6. The van der Waals surface area contributed by atoms with Gasteiger partial charge in [-0.2, -0.15) is 0 Å². The molecule has 0 spiro atoms. The van der Waals surface area contributed by atoms with Crippen molar-refractivity contribution in [3.05, 3.63) is 47.5 Å². The van der Waals surface area contributed by atoms with Crippen molar-refractivity contribution in [1.82, 2.24) is 0 Å². The van der Waals surface area contributed by atoms with Crippen LogP contribution in [0.15, 0.2) is 36.4 Å². The molecule has 39 heavy (non-hydrogen) atoms. The molecule has 3 aliphatic rings. The number of carbonyl (C=O) groups excluding carboxylic acids is 6. The number of anilines is 2. The van der Waals surface area contributed by atoms with E-state index in [1.165, 1.54) is 19.2 Å². The molecule has 2 unspecified atom stereocenters. The summed E-state index contributed by atoms with van der Waals surface area (Å²) in [4.78, 5) is 76.7. The second-order valence-corrected chi connectivity index (χ2v) is 10.0. The van der Waals surface area contributed by atoms with E-state index < -0.39 is 76.5 Å². The number of hydrogen-bond acceptors (Lipinski definition) is 9. The van der Waals surface area contributed by atoms with E-state index in [4.69, 9.17) is 10.5 Å². The Bertz CT molecular complexity index is 1450. The summed E-state index contributed by atoms with van der Waals surface area (Å²) in [7, 11) is 1.50. The first-order chi connectivity index (χ1) is 18.5. The third-order valence-corrected chi connectivity index (χ3v) is 7.87. The summed E-state index contributed by atoms with van der Waals surface area (Å²) >= 11 is 0. The molecular formula is C27H25N3O9. The molecule has 2 saturated carbocycles. The molecule has 2 aromatic carbocycles. The van der Waals surface area contributed by atoms with Gasteiger partial charge in [-0.25, -0.2) is 4.79 Å². The van der Waals surface area contributed by atoms with Gasteiger partial charge >= 0.3 is 6.03 Å². The number of primary amides is 1. The van der Waals surface area contributed by atoms with E-state index >= 15 is 0 Å². The predicted octanol–water partition coefficient (Wildman–Crippen LogP) is 0.979. The maximum absolute atomic E-state index is 13.6. The van der Waals surface area contributed by atoms with Crippen LogP contribution in [-0.4, -0.2) is 58.0 Å². The molecule has 3 amide bonds. The molecule has 12 heteroatoms. The molecule has 3 aliphatic carbocycles. The van der Waals surface area contributed by atoms with Gasteiger partial charge in [0.25, 0.3) is 0 Å². The number of rotatable bonds is 4. The smallest absolute Gasteiger partial charge is 0.323 e. The Morgan fingerprint density at radius 3 is 2.33 bits per heavy atom. The van der Waals surface area contributed by atoms with E-state index in [-0.39, 0.29) is 24.1 Å². The molecule has 0 saturated heterocycles. The van der Waals surface area contributed by atoms with Crippen molar-refractivity contribution >= 4 is 46.4 Å². The number of aliphatic hydroxyl groups is 1. The minimum Gasteiger partial charge on any atom is -0.505 e. The minimum absolute atomic E-state index is 0.00603. The van der Waals surface area contributed by atoms with Crippen LogP contribution in [0, 0.1) is 23.7 Å². The third-order valence-electron chi connectivity index (χ3n) is 7.87. The van der Waals surface area contributed by atoms with Crippen molar-refractivity contribution in [1.29, 1.82) is 0 Å². The number of carbonyl (C=O) groups is 6. The van der Waals surface area contributed by atoms with Crippen LogP contribution in [0.25, 0.3) is 0 Å². The first-order valence-corrected chi connectivity index (χ1v) is 12.2. The Labute approximate surface area is 221 Å². The van der Waals surface area contributed by atoms with Crippen LogP contribution in [0.5, 0.6) is 11.5 Å². The quantitative estimate of drug-likeness (QED) is 0.279. The number of methoxy groups -OCH3 is 1. The third kappa shape index (κ3) is 4.04. The Morgan fingerprint density at radius 1 is 1.00 bits per heavy atom. The van der Waals surface area contributed by atoms with Gasteiger partial charge in [-0.1, -0.05) is 6.07 Å². The Morgan fingerprint density at radius 2 is 1.69 bits per heavy atom. The van der Waals surface area contributed by atoms with Crippen LogP contribution < -0.4 is 21.1 Å². The van der Waals surface area contributed by atoms with Gasteiger partial charge in [0.15, 0.2) is 34.7 Å². The van der Waals surface area contributed by atoms with E-state index in [0.29, 0.717) is 17.0 Å². The number of Topliss-reactive ketones (excluding diaryl/α,β-unsaturated/α-hetero) is 4. The number of ether oxygens (including phenoxy) is 1. The maximum atomic E-state index is 13.6.